The van der Waals surface area contributed by atoms with Gasteiger partial charge in [0.25, 0.3) is 5.91 Å². The fourth-order valence-corrected chi connectivity index (χ4v) is 1.93. The molecule has 118 valence electrons. The molecule has 0 bridgehead atoms. The molecular formula is C15H18ClN3O3. The molecule has 1 aromatic heterocycles. The van der Waals surface area contributed by atoms with Crippen molar-refractivity contribution in [3.05, 3.63) is 47.2 Å². The zero-order valence-corrected chi connectivity index (χ0v) is 13.0. The van der Waals surface area contributed by atoms with E-state index in [1.807, 2.05) is 0 Å². The van der Waals surface area contributed by atoms with Crippen LogP contribution in [0.5, 0.6) is 5.75 Å². The van der Waals surface area contributed by atoms with Gasteiger partial charge in [-0.3, -0.25) is 4.79 Å². The second-order valence-corrected chi connectivity index (χ2v) is 4.98. The van der Waals surface area contributed by atoms with Crippen LogP contribution in [0, 0.1) is 0 Å². The summed E-state index contributed by atoms with van der Waals surface area (Å²) >= 11 is 5.81. The summed E-state index contributed by atoms with van der Waals surface area (Å²) in [5.41, 5.74) is 0.450. The minimum absolute atomic E-state index is 0.148. The SMILES string of the molecule is COCCCNC(=O)c1ccnn1COc1ccc(Cl)cc1. The Bertz CT molecular complexity index is 598. The van der Waals surface area contributed by atoms with Crippen LogP contribution in [0.1, 0.15) is 16.9 Å². The molecule has 6 nitrogen and oxygen atoms in total. The number of halogens is 1. The monoisotopic (exact) mass is 323 g/mol. The smallest absolute Gasteiger partial charge is 0.269 e. The molecule has 0 aliphatic rings. The van der Waals surface area contributed by atoms with Crippen molar-refractivity contribution in [3.63, 3.8) is 0 Å². The summed E-state index contributed by atoms with van der Waals surface area (Å²) in [5, 5.41) is 7.55. The Morgan fingerprint density at radius 2 is 2.09 bits per heavy atom. The van der Waals surface area contributed by atoms with Crippen LogP contribution in [-0.2, 0) is 11.5 Å². The summed E-state index contributed by atoms with van der Waals surface area (Å²) in [6.45, 7) is 1.31. The number of nitrogens with zero attached hydrogens (tertiary/aromatic N) is 2. The van der Waals surface area contributed by atoms with Crippen LogP contribution in [0.2, 0.25) is 5.02 Å². The summed E-state index contributed by atoms with van der Waals surface area (Å²) in [6.07, 6.45) is 2.33. The lowest BCUT2D eigenvalue weighted by Crippen LogP contribution is -2.28. The molecule has 0 radical (unpaired) electrons. The number of benzene rings is 1. The van der Waals surface area contributed by atoms with Crippen LogP contribution in [0.3, 0.4) is 0 Å². The first-order valence-corrected chi connectivity index (χ1v) is 7.26. The minimum Gasteiger partial charge on any atom is -0.471 e. The normalized spacial score (nSPS) is 10.5. The predicted molar refractivity (Wildman–Crippen MR) is 83.1 cm³/mol. The topological polar surface area (TPSA) is 65.4 Å². The van der Waals surface area contributed by atoms with Gasteiger partial charge in [0.1, 0.15) is 11.4 Å². The molecular weight excluding hydrogens is 306 g/mol. The Morgan fingerprint density at radius 1 is 1.32 bits per heavy atom. The molecule has 0 aliphatic heterocycles. The number of aromatic nitrogens is 2. The van der Waals surface area contributed by atoms with Crippen molar-refractivity contribution in [2.75, 3.05) is 20.3 Å². The molecule has 0 saturated heterocycles. The van der Waals surface area contributed by atoms with Gasteiger partial charge in [0, 0.05) is 31.5 Å². The summed E-state index contributed by atoms with van der Waals surface area (Å²) in [4.78, 5) is 12.1. The molecule has 2 rings (SSSR count). The summed E-state index contributed by atoms with van der Waals surface area (Å²) in [5.74, 6) is 0.472. The maximum Gasteiger partial charge on any atom is 0.269 e. The lowest BCUT2D eigenvalue weighted by Gasteiger charge is -2.10. The number of carbonyl (C=O) groups excluding carboxylic acids is 1. The van der Waals surface area contributed by atoms with Gasteiger partial charge >= 0.3 is 0 Å². The van der Waals surface area contributed by atoms with Crippen molar-refractivity contribution in [1.29, 1.82) is 0 Å². The van der Waals surface area contributed by atoms with E-state index >= 15 is 0 Å². The van der Waals surface area contributed by atoms with Gasteiger partial charge in [0.05, 0.1) is 0 Å². The highest BCUT2D eigenvalue weighted by Crippen LogP contribution is 2.16. The molecule has 1 aromatic carbocycles. The first-order chi connectivity index (χ1) is 10.7. The Morgan fingerprint density at radius 3 is 2.82 bits per heavy atom. The van der Waals surface area contributed by atoms with E-state index in [-0.39, 0.29) is 12.6 Å². The van der Waals surface area contributed by atoms with Gasteiger partial charge in [-0.2, -0.15) is 5.10 Å². The second kappa shape index (κ2) is 8.41. The molecule has 0 unspecified atom stereocenters. The fraction of sp³-hybridized carbons (Fsp3) is 0.333. The quantitative estimate of drug-likeness (QED) is 0.757. The van der Waals surface area contributed by atoms with E-state index in [9.17, 15) is 4.79 Å². The highest BCUT2D eigenvalue weighted by atomic mass is 35.5. The van der Waals surface area contributed by atoms with Gasteiger partial charge in [-0.1, -0.05) is 11.6 Å². The lowest BCUT2D eigenvalue weighted by molar-refractivity contribution is 0.0927. The van der Waals surface area contributed by atoms with Gasteiger partial charge in [-0.05, 0) is 36.8 Å². The van der Waals surface area contributed by atoms with E-state index < -0.39 is 0 Å². The maximum atomic E-state index is 12.1. The highest BCUT2D eigenvalue weighted by molar-refractivity contribution is 6.30. The van der Waals surface area contributed by atoms with Crippen LogP contribution in [0.4, 0.5) is 0 Å². The summed E-state index contributed by atoms with van der Waals surface area (Å²) < 4.78 is 12.0. The molecule has 0 spiro atoms. The van der Waals surface area contributed by atoms with Crippen LogP contribution in [0.15, 0.2) is 36.5 Å². The van der Waals surface area contributed by atoms with Crippen molar-refractivity contribution >= 4 is 17.5 Å². The Labute approximate surface area is 134 Å². The van der Waals surface area contributed by atoms with E-state index in [1.54, 1.807) is 43.6 Å². The zero-order valence-electron chi connectivity index (χ0n) is 12.3. The van der Waals surface area contributed by atoms with Crippen LogP contribution in [0.25, 0.3) is 0 Å². The van der Waals surface area contributed by atoms with Crippen molar-refractivity contribution < 1.29 is 14.3 Å². The Balaban J connectivity index is 1.88. The predicted octanol–water partition coefficient (Wildman–Crippen LogP) is 2.34. The highest BCUT2D eigenvalue weighted by Gasteiger charge is 2.11. The lowest BCUT2D eigenvalue weighted by atomic mass is 10.3. The molecule has 1 heterocycles. The van der Waals surface area contributed by atoms with Crippen molar-refractivity contribution in [3.8, 4) is 5.75 Å². The number of methoxy groups -OCH3 is 1. The first-order valence-electron chi connectivity index (χ1n) is 6.88. The largest absolute Gasteiger partial charge is 0.471 e. The standard InChI is InChI=1S/C15H18ClN3O3/c1-21-10-2-8-17-15(20)14-7-9-18-19(14)11-22-13-5-3-12(16)4-6-13/h3-7,9H,2,8,10-11H2,1H3,(H,17,20). The third-order valence-electron chi connectivity index (χ3n) is 2.93. The molecule has 7 heteroatoms. The van der Waals surface area contributed by atoms with Crippen LogP contribution < -0.4 is 10.1 Å². The maximum absolute atomic E-state index is 12.1. The minimum atomic E-state index is -0.187. The second-order valence-electron chi connectivity index (χ2n) is 4.55. The molecule has 0 atom stereocenters. The van der Waals surface area contributed by atoms with Gasteiger partial charge in [-0.15, -0.1) is 0 Å². The number of carbonyl (C=O) groups is 1. The number of ether oxygens (including phenoxy) is 2. The number of rotatable bonds is 8. The molecule has 0 saturated carbocycles. The molecule has 22 heavy (non-hydrogen) atoms. The van der Waals surface area contributed by atoms with E-state index in [4.69, 9.17) is 21.1 Å². The summed E-state index contributed by atoms with van der Waals surface area (Å²) in [6, 6.07) is 8.65. The van der Waals surface area contributed by atoms with Crippen LogP contribution >= 0.6 is 11.6 Å². The Hall–Kier alpha value is -2.05. The third kappa shape index (κ3) is 4.75. The summed E-state index contributed by atoms with van der Waals surface area (Å²) in [7, 11) is 1.63. The number of hydrogen-bond acceptors (Lipinski definition) is 4. The van der Waals surface area contributed by atoms with E-state index in [1.165, 1.54) is 4.68 Å². The number of amides is 1. The molecule has 2 aromatic rings. The number of nitrogens with one attached hydrogen (secondary N) is 1. The number of hydrogen-bond donors (Lipinski definition) is 1. The van der Waals surface area contributed by atoms with E-state index in [2.05, 4.69) is 10.4 Å². The average Bonchev–Trinajstić information content (AvgIpc) is 2.99. The zero-order chi connectivity index (χ0) is 15.8. The third-order valence-corrected chi connectivity index (χ3v) is 3.18. The van der Waals surface area contributed by atoms with Crippen LogP contribution in [-0.4, -0.2) is 35.9 Å². The van der Waals surface area contributed by atoms with Gasteiger partial charge in [0.15, 0.2) is 6.73 Å². The van der Waals surface area contributed by atoms with Gasteiger partial charge in [-0.25, -0.2) is 4.68 Å². The molecule has 0 fully saturated rings. The molecule has 1 N–H and O–H groups in total. The molecule has 0 aliphatic carbocycles. The van der Waals surface area contributed by atoms with Crippen molar-refractivity contribution in [2.24, 2.45) is 0 Å². The average molecular weight is 324 g/mol. The van der Waals surface area contributed by atoms with Crippen molar-refractivity contribution in [2.45, 2.75) is 13.2 Å². The fourth-order valence-electron chi connectivity index (χ4n) is 1.80. The Kier molecular flexibility index (Phi) is 6.24. The van der Waals surface area contributed by atoms with Gasteiger partial charge < -0.3 is 14.8 Å². The van der Waals surface area contributed by atoms with Crippen molar-refractivity contribution in [1.82, 2.24) is 15.1 Å². The van der Waals surface area contributed by atoms with E-state index in [0.717, 1.165) is 6.42 Å². The first kappa shape index (κ1) is 16.3. The molecule has 1 amide bonds. The van der Waals surface area contributed by atoms with E-state index in [0.29, 0.717) is 29.6 Å². The van der Waals surface area contributed by atoms with Gasteiger partial charge in [0.2, 0.25) is 0 Å².